The summed E-state index contributed by atoms with van der Waals surface area (Å²) in [6, 6.07) is 7.32. The fraction of sp³-hybridized carbons (Fsp3) is 0.500. The van der Waals surface area contributed by atoms with Gasteiger partial charge in [-0.1, -0.05) is 30.3 Å². The van der Waals surface area contributed by atoms with Crippen molar-refractivity contribution in [3.05, 3.63) is 35.9 Å². The largest absolute Gasteiger partial charge is 0.458 e. The van der Waals surface area contributed by atoms with E-state index in [1.165, 1.54) is 13.8 Å². The Labute approximate surface area is 170 Å². The van der Waals surface area contributed by atoms with E-state index in [9.17, 15) is 19.2 Å². The molecule has 0 heterocycles. The number of carbonyl (C=O) groups excluding carboxylic acids is 4. The zero-order chi connectivity index (χ0) is 22.0. The Morgan fingerprint density at radius 2 is 1.59 bits per heavy atom. The summed E-state index contributed by atoms with van der Waals surface area (Å²) in [5.74, 6) is -1.70. The van der Waals surface area contributed by atoms with Crippen LogP contribution >= 0.6 is 0 Å². The highest BCUT2D eigenvalue weighted by atomic mass is 16.6. The molecule has 3 amide bonds. The molecular formula is C20H29N3O6. The minimum absolute atomic E-state index is 0.0790. The molecule has 0 fully saturated rings. The Balaban J connectivity index is 2.32. The number of esters is 1. The quantitative estimate of drug-likeness (QED) is 0.558. The normalized spacial score (nSPS) is 12.9. The number of amides is 3. The summed E-state index contributed by atoms with van der Waals surface area (Å²) in [5, 5.41) is 7.20. The van der Waals surface area contributed by atoms with Crippen LogP contribution in [0.5, 0.6) is 0 Å². The number of ether oxygens (including phenoxy) is 2. The Kier molecular flexibility index (Phi) is 9.11. The van der Waals surface area contributed by atoms with Gasteiger partial charge in [-0.05, 0) is 40.2 Å². The average Bonchev–Trinajstić information content (AvgIpc) is 2.64. The standard InChI is InChI=1S/C20H29N3O6/c1-13(17(25)23-14(2)18(26)29-20(3,4)5)22-16(24)11-21-19(27)28-12-15-9-7-6-8-10-15/h6-10,13-14H,11-12H2,1-5H3,(H,21,27)(H,22,24)(H,23,25)/t13-,14-/m0/s1. The van der Waals surface area contributed by atoms with Gasteiger partial charge in [0.2, 0.25) is 11.8 Å². The molecule has 0 aromatic heterocycles. The average molecular weight is 407 g/mol. The molecule has 0 aliphatic rings. The fourth-order valence-electron chi connectivity index (χ4n) is 2.07. The zero-order valence-corrected chi connectivity index (χ0v) is 17.4. The molecule has 3 N–H and O–H groups in total. The number of alkyl carbamates (subject to hydrolysis) is 1. The summed E-state index contributed by atoms with van der Waals surface area (Å²) >= 11 is 0. The number of benzene rings is 1. The van der Waals surface area contributed by atoms with Gasteiger partial charge in [0.1, 0.15) is 30.8 Å². The van der Waals surface area contributed by atoms with Crippen LogP contribution in [0.3, 0.4) is 0 Å². The summed E-state index contributed by atoms with van der Waals surface area (Å²) in [7, 11) is 0. The van der Waals surface area contributed by atoms with Crippen LogP contribution in [0, 0.1) is 0 Å². The topological polar surface area (TPSA) is 123 Å². The second kappa shape index (κ2) is 11.0. The summed E-state index contributed by atoms with van der Waals surface area (Å²) in [6.07, 6.45) is -0.750. The Hall–Kier alpha value is -3.10. The molecule has 1 rings (SSSR count). The van der Waals surface area contributed by atoms with Crippen molar-refractivity contribution in [1.29, 1.82) is 0 Å². The lowest BCUT2D eigenvalue weighted by atomic mass is 10.2. The fourth-order valence-corrected chi connectivity index (χ4v) is 2.07. The van der Waals surface area contributed by atoms with Crippen LogP contribution in [0.1, 0.15) is 40.2 Å². The van der Waals surface area contributed by atoms with Gasteiger partial charge >= 0.3 is 12.1 Å². The first-order chi connectivity index (χ1) is 13.5. The van der Waals surface area contributed by atoms with Crippen LogP contribution in [0.15, 0.2) is 30.3 Å². The Morgan fingerprint density at radius 1 is 0.966 bits per heavy atom. The first-order valence-electron chi connectivity index (χ1n) is 9.25. The van der Waals surface area contributed by atoms with Crippen molar-refractivity contribution in [1.82, 2.24) is 16.0 Å². The second-order valence-corrected chi connectivity index (χ2v) is 7.47. The lowest BCUT2D eigenvalue weighted by Gasteiger charge is -2.23. The maximum absolute atomic E-state index is 12.1. The summed E-state index contributed by atoms with van der Waals surface area (Å²) in [5.41, 5.74) is 0.146. The number of carbonyl (C=O) groups is 4. The molecule has 0 spiro atoms. The highest BCUT2D eigenvalue weighted by Gasteiger charge is 2.25. The SMILES string of the molecule is C[C@H](NC(=O)CNC(=O)OCc1ccccc1)C(=O)N[C@@H](C)C(=O)OC(C)(C)C. The van der Waals surface area contributed by atoms with Crippen molar-refractivity contribution in [3.8, 4) is 0 Å². The highest BCUT2D eigenvalue weighted by molar-refractivity contribution is 5.91. The van der Waals surface area contributed by atoms with Crippen LogP contribution < -0.4 is 16.0 Å². The zero-order valence-electron chi connectivity index (χ0n) is 17.4. The predicted octanol–water partition coefficient (Wildman–Crippen LogP) is 1.26. The first-order valence-corrected chi connectivity index (χ1v) is 9.25. The van der Waals surface area contributed by atoms with Crippen LogP contribution in [0.25, 0.3) is 0 Å². The minimum Gasteiger partial charge on any atom is -0.458 e. The van der Waals surface area contributed by atoms with E-state index in [0.29, 0.717) is 0 Å². The van der Waals surface area contributed by atoms with Gasteiger partial charge in [-0.3, -0.25) is 9.59 Å². The summed E-state index contributed by atoms with van der Waals surface area (Å²) in [4.78, 5) is 47.5. The first kappa shape index (κ1) is 23.9. The summed E-state index contributed by atoms with van der Waals surface area (Å²) in [6.45, 7) is 7.84. The molecule has 2 atom stereocenters. The number of hydrogen-bond donors (Lipinski definition) is 3. The van der Waals surface area contributed by atoms with Crippen molar-refractivity contribution in [2.45, 2.75) is 58.9 Å². The third-order valence-electron chi connectivity index (χ3n) is 3.50. The van der Waals surface area contributed by atoms with Crippen molar-refractivity contribution in [2.75, 3.05) is 6.54 Å². The number of nitrogens with one attached hydrogen (secondary N) is 3. The molecule has 1 aromatic carbocycles. The minimum atomic E-state index is -0.908. The maximum Gasteiger partial charge on any atom is 0.407 e. The third-order valence-corrected chi connectivity index (χ3v) is 3.50. The highest BCUT2D eigenvalue weighted by Crippen LogP contribution is 2.08. The van der Waals surface area contributed by atoms with E-state index in [0.717, 1.165) is 5.56 Å². The Morgan fingerprint density at radius 3 is 2.17 bits per heavy atom. The van der Waals surface area contributed by atoms with Gasteiger partial charge in [0.25, 0.3) is 0 Å². The molecular weight excluding hydrogens is 378 g/mol. The van der Waals surface area contributed by atoms with Gasteiger partial charge in [0.15, 0.2) is 0 Å². The number of rotatable bonds is 8. The smallest absolute Gasteiger partial charge is 0.407 e. The van der Waals surface area contributed by atoms with Gasteiger partial charge in [-0.2, -0.15) is 0 Å². The molecule has 9 heteroatoms. The molecule has 0 saturated carbocycles. The molecule has 0 saturated heterocycles. The molecule has 0 radical (unpaired) electrons. The molecule has 29 heavy (non-hydrogen) atoms. The van der Waals surface area contributed by atoms with Crippen LogP contribution in [-0.2, 0) is 30.5 Å². The summed E-state index contributed by atoms with van der Waals surface area (Å²) < 4.78 is 10.2. The van der Waals surface area contributed by atoms with Gasteiger partial charge < -0.3 is 25.4 Å². The van der Waals surface area contributed by atoms with Crippen LogP contribution in [0.4, 0.5) is 4.79 Å². The van der Waals surface area contributed by atoms with Crippen molar-refractivity contribution >= 4 is 23.9 Å². The van der Waals surface area contributed by atoms with E-state index < -0.39 is 41.6 Å². The van der Waals surface area contributed by atoms with E-state index in [-0.39, 0.29) is 13.2 Å². The third kappa shape index (κ3) is 10.1. The van der Waals surface area contributed by atoms with Crippen LogP contribution in [0.2, 0.25) is 0 Å². The van der Waals surface area contributed by atoms with Gasteiger partial charge in [0.05, 0.1) is 0 Å². The second-order valence-electron chi connectivity index (χ2n) is 7.47. The predicted molar refractivity (Wildman–Crippen MR) is 106 cm³/mol. The van der Waals surface area contributed by atoms with E-state index in [1.54, 1.807) is 32.9 Å². The maximum atomic E-state index is 12.1. The molecule has 0 bridgehead atoms. The molecule has 1 aromatic rings. The van der Waals surface area contributed by atoms with Crippen LogP contribution in [-0.4, -0.2) is 48.1 Å². The van der Waals surface area contributed by atoms with Crippen molar-refractivity contribution < 1.29 is 28.7 Å². The van der Waals surface area contributed by atoms with E-state index in [2.05, 4.69) is 16.0 Å². The molecule has 0 aliphatic heterocycles. The molecule has 160 valence electrons. The van der Waals surface area contributed by atoms with Gasteiger partial charge in [0, 0.05) is 0 Å². The van der Waals surface area contributed by atoms with Gasteiger partial charge in [-0.25, -0.2) is 9.59 Å². The monoisotopic (exact) mass is 407 g/mol. The van der Waals surface area contributed by atoms with Crippen molar-refractivity contribution in [2.24, 2.45) is 0 Å². The molecule has 0 aliphatic carbocycles. The van der Waals surface area contributed by atoms with Crippen molar-refractivity contribution in [3.63, 3.8) is 0 Å². The van der Waals surface area contributed by atoms with E-state index >= 15 is 0 Å². The van der Waals surface area contributed by atoms with E-state index in [4.69, 9.17) is 9.47 Å². The molecule has 9 nitrogen and oxygen atoms in total. The lowest BCUT2D eigenvalue weighted by molar-refractivity contribution is -0.158. The lowest BCUT2D eigenvalue weighted by Crippen LogP contribution is -2.51. The number of hydrogen-bond acceptors (Lipinski definition) is 6. The molecule has 0 unspecified atom stereocenters. The van der Waals surface area contributed by atoms with Gasteiger partial charge in [-0.15, -0.1) is 0 Å². The Bertz CT molecular complexity index is 715. The van der Waals surface area contributed by atoms with E-state index in [1.807, 2.05) is 18.2 Å².